The van der Waals surface area contributed by atoms with Crippen LogP contribution in [0.1, 0.15) is 16.7 Å². The first kappa shape index (κ1) is 19.8. The van der Waals surface area contributed by atoms with Crippen molar-refractivity contribution in [2.45, 2.75) is 12.5 Å². The Bertz CT molecular complexity index is 918. The average molecular weight is 414 g/mol. The molecule has 3 aromatic rings. The summed E-state index contributed by atoms with van der Waals surface area (Å²) >= 11 is 1.80. The highest BCUT2D eigenvalue weighted by Gasteiger charge is 2.23. The van der Waals surface area contributed by atoms with Crippen LogP contribution in [-0.2, 0) is 11.2 Å². The van der Waals surface area contributed by atoms with E-state index in [1.54, 1.807) is 18.4 Å². The van der Waals surface area contributed by atoms with E-state index in [9.17, 15) is 0 Å². The quantitative estimate of drug-likeness (QED) is 0.452. The van der Waals surface area contributed by atoms with Crippen LogP contribution in [-0.4, -0.2) is 71.9 Å². The first-order valence-corrected chi connectivity index (χ1v) is 10.8. The van der Waals surface area contributed by atoms with Crippen molar-refractivity contribution in [2.24, 2.45) is 4.99 Å². The maximum absolute atomic E-state index is 5.53. The van der Waals surface area contributed by atoms with Gasteiger partial charge in [0.2, 0.25) is 0 Å². The molecule has 4 heterocycles. The zero-order valence-corrected chi connectivity index (χ0v) is 17.4. The number of aromatic nitrogens is 3. The largest absolute Gasteiger partial charge is 0.379 e. The van der Waals surface area contributed by atoms with Gasteiger partial charge in [-0.15, -0.1) is 21.5 Å². The van der Waals surface area contributed by atoms with Crippen molar-refractivity contribution >= 4 is 22.9 Å². The normalized spacial score (nSPS) is 16.8. The summed E-state index contributed by atoms with van der Waals surface area (Å²) in [5.74, 6) is 1.74. The molecule has 29 heavy (non-hydrogen) atoms. The van der Waals surface area contributed by atoms with Crippen molar-refractivity contribution in [3.8, 4) is 0 Å². The molecule has 0 radical (unpaired) electrons. The SMILES string of the molecule is CN=C(NCCc1nnc2ccccn12)NCC(c1cccs1)N1CCOCC1. The molecule has 154 valence electrons. The number of rotatable bonds is 7. The van der Waals surface area contributed by atoms with Crippen molar-refractivity contribution in [1.29, 1.82) is 0 Å². The predicted octanol–water partition coefficient (Wildman–Crippen LogP) is 1.57. The van der Waals surface area contributed by atoms with Crippen molar-refractivity contribution in [3.63, 3.8) is 0 Å². The molecule has 3 aromatic heterocycles. The average Bonchev–Trinajstić information content (AvgIpc) is 3.44. The van der Waals surface area contributed by atoms with Crippen LogP contribution in [0.15, 0.2) is 46.9 Å². The van der Waals surface area contributed by atoms with E-state index < -0.39 is 0 Å². The van der Waals surface area contributed by atoms with E-state index in [-0.39, 0.29) is 0 Å². The van der Waals surface area contributed by atoms with Crippen molar-refractivity contribution < 1.29 is 4.74 Å². The second-order valence-electron chi connectivity index (χ2n) is 6.85. The number of fused-ring (bicyclic) bond motifs is 1. The molecule has 1 saturated heterocycles. The molecule has 8 nitrogen and oxygen atoms in total. The molecule has 1 fully saturated rings. The molecular formula is C20H27N7OS. The number of morpholine rings is 1. The third kappa shape index (κ3) is 4.92. The van der Waals surface area contributed by atoms with Gasteiger partial charge in [0.05, 0.1) is 19.3 Å². The third-order valence-corrected chi connectivity index (χ3v) is 6.04. The van der Waals surface area contributed by atoms with Crippen LogP contribution < -0.4 is 10.6 Å². The molecule has 0 bridgehead atoms. The Morgan fingerprint density at radius 1 is 1.21 bits per heavy atom. The lowest BCUT2D eigenvalue weighted by Crippen LogP contribution is -2.46. The van der Waals surface area contributed by atoms with E-state index in [2.05, 4.69) is 48.2 Å². The van der Waals surface area contributed by atoms with Crippen LogP contribution in [0.25, 0.3) is 5.65 Å². The van der Waals surface area contributed by atoms with Crippen LogP contribution in [0.2, 0.25) is 0 Å². The summed E-state index contributed by atoms with van der Waals surface area (Å²) in [5, 5.41) is 17.5. The maximum Gasteiger partial charge on any atom is 0.191 e. The summed E-state index contributed by atoms with van der Waals surface area (Å²) in [4.78, 5) is 8.23. The summed E-state index contributed by atoms with van der Waals surface area (Å²) in [6, 6.07) is 10.6. The standard InChI is InChI=1S/C20H27N7OS/c1-21-20(22-8-7-19-25-24-18-6-2-3-9-27(18)19)23-15-16(17-5-4-14-29-17)26-10-12-28-13-11-26/h2-6,9,14,16H,7-8,10-13,15H2,1H3,(H2,21,22,23). The van der Waals surface area contributed by atoms with E-state index in [0.717, 1.165) is 63.2 Å². The van der Waals surface area contributed by atoms with Crippen LogP contribution in [0.4, 0.5) is 0 Å². The summed E-state index contributed by atoms with van der Waals surface area (Å²) in [6.07, 6.45) is 2.76. The van der Waals surface area contributed by atoms with Crippen molar-refractivity contribution in [1.82, 2.24) is 30.1 Å². The van der Waals surface area contributed by atoms with Crippen LogP contribution in [0.5, 0.6) is 0 Å². The Morgan fingerprint density at radius 2 is 2.10 bits per heavy atom. The molecule has 1 aliphatic rings. The molecule has 0 amide bonds. The lowest BCUT2D eigenvalue weighted by Gasteiger charge is -2.34. The van der Waals surface area contributed by atoms with Gasteiger partial charge < -0.3 is 15.4 Å². The van der Waals surface area contributed by atoms with Gasteiger partial charge >= 0.3 is 0 Å². The highest BCUT2D eigenvalue weighted by molar-refractivity contribution is 7.10. The highest BCUT2D eigenvalue weighted by atomic mass is 32.1. The van der Waals surface area contributed by atoms with Crippen LogP contribution >= 0.6 is 11.3 Å². The number of hydrogen-bond acceptors (Lipinski definition) is 6. The zero-order valence-electron chi connectivity index (χ0n) is 16.6. The number of thiophene rings is 1. The van der Waals surface area contributed by atoms with Crippen LogP contribution in [0.3, 0.4) is 0 Å². The highest BCUT2D eigenvalue weighted by Crippen LogP contribution is 2.25. The number of hydrogen-bond donors (Lipinski definition) is 2. The minimum atomic E-state index is 0.317. The fourth-order valence-corrected chi connectivity index (χ4v) is 4.41. The van der Waals surface area contributed by atoms with Gasteiger partial charge in [0.15, 0.2) is 11.6 Å². The Labute approximate surface area is 174 Å². The summed E-state index contributed by atoms with van der Waals surface area (Å²) in [7, 11) is 1.80. The minimum absolute atomic E-state index is 0.317. The van der Waals surface area contributed by atoms with Gasteiger partial charge in [-0.05, 0) is 23.6 Å². The number of aliphatic imine (C=N–C) groups is 1. The number of pyridine rings is 1. The van der Waals surface area contributed by atoms with Crippen molar-refractivity contribution in [2.75, 3.05) is 46.4 Å². The molecule has 0 aliphatic carbocycles. The zero-order chi connectivity index (χ0) is 19.9. The summed E-state index contributed by atoms with van der Waals surface area (Å²) in [6.45, 7) is 5.03. The first-order valence-electron chi connectivity index (χ1n) is 9.93. The van der Waals surface area contributed by atoms with E-state index in [0.29, 0.717) is 6.04 Å². The number of guanidine groups is 1. The number of ether oxygens (including phenoxy) is 1. The van der Waals surface area contributed by atoms with Gasteiger partial charge in [-0.25, -0.2) is 0 Å². The molecule has 9 heteroatoms. The smallest absolute Gasteiger partial charge is 0.191 e. The molecule has 0 spiro atoms. The monoisotopic (exact) mass is 413 g/mol. The van der Waals surface area contributed by atoms with E-state index in [4.69, 9.17) is 4.74 Å². The van der Waals surface area contributed by atoms with Gasteiger partial charge in [-0.3, -0.25) is 14.3 Å². The second kappa shape index (κ2) is 9.82. The summed E-state index contributed by atoms with van der Waals surface area (Å²) in [5.41, 5.74) is 0.870. The Kier molecular flexibility index (Phi) is 6.71. The lowest BCUT2D eigenvalue weighted by molar-refractivity contribution is 0.0177. The van der Waals surface area contributed by atoms with Crippen LogP contribution in [0, 0.1) is 0 Å². The van der Waals surface area contributed by atoms with E-state index in [1.807, 2.05) is 28.8 Å². The fourth-order valence-electron chi connectivity index (χ4n) is 3.55. The molecule has 0 aromatic carbocycles. The van der Waals surface area contributed by atoms with Crippen molar-refractivity contribution in [3.05, 3.63) is 52.6 Å². The summed E-state index contributed by atoms with van der Waals surface area (Å²) < 4.78 is 7.54. The Balaban J connectivity index is 1.32. The topological polar surface area (TPSA) is 79.1 Å². The first-order chi connectivity index (χ1) is 14.3. The van der Waals surface area contributed by atoms with E-state index >= 15 is 0 Å². The fraction of sp³-hybridized carbons (Fsp3) is 0.450. The molecule has 1 atom stereocenters. The van der Waals surface area contributed by atoms with E-state index in [1.165, 1.54) is 4.88 Å². The van der Waals surface area contributed by atoms with Gasteiger partial charge in [0.25, 0.3) is 0 Å². The van der Waals surface area contributed by atoms with Gasteiger partial charge in [-0.2, -0.15) is 0 Å². The second-order valence-corrected chi connectivity index (χ2v) is 7.83. The third-order valence-electron chi connectivity index (χ3n) is 5.07. The van der Waals surface area contributed by atoms with Gasteiger partial charge in [0, 0.05) is 50.7 Å². The molecule has 0 saturated carbocycles. The lowest BCUT2D eigenvalue weighted by atomic mass is 10.2. The molecule has 2 N–H and O–H groups in total. The predicted molar refractivity (Wildman–Crippen MR) is 116 cm³/mol. The minimum Gasteiger partial charge on any atom is -0.379 e. The Hall–Kier alpha value is -2.49. The number of nitrogens with zero attached hydrogens (tertiary/aromatic N) is 5. The molecule has 1 aliphatic heterocycles. The van der Waals surface area contributed by atoms with Gasteiger partial charge in [0.1, 0.15) is 5.82 Å². The molecule has 1 unspecified atom stereocenters. The maximum atomic E-state index is 5.53. The molecule has 4 rings (SSSR count). The number of nitrogens with one attached hydrogen (secondary N) is 2. The Morgan fingerprint density at radius 3 is 2.90 bits per heavy atom. The molecular weight excluding hydrogens is 386 g/mol. The van der Waals surface area contributed by atoms with Gasteiger partial charge in [-0.1, -0.05) is 12.1 Å².